The van der Waals surface area contributed by atoms with Crippen molar-refractivity contribution in [3.05, 3.63) is 0 Å². The molecule has 8 nitrogen and oxygen atoms in total. The summed E-state index contributed by atoms with van der Waals surface area (Å²) in [5.41, 5.74) is 0. The molecule has 1 heterocycles. The molecule has 1 saturated heterocycles. The van der Waals surface area contributed by atoms with Crippen LogP contribution in [0, 0.1) is 0 Å². The van der Waals surface area contributed by atoms with Crippen LogP contribution in [0.15, 0.2) is 4.99 Å². The number of rotatable bonds is 9. The molecule has 1 fully saturated rings. The van der Waals surface area contributed by atoms with Crippen molar-refractivity contribution in [2.45, 2.75) is 25.4 Å². The normalized spacial score (nSPS) is 19.0. The lowest BCUT2D eigenvalue weighted by Gasteiger charge is -2.22. The number of nitrogens with one attached hydrogen (secondary N) is 3. The van der Waals surface area contributed by atoms with Gasteiger partial charge in [-0.2, -0.15) is 0 Å². The SMILES string of the molecule is CN=C(NCCOC)NCCS(=O)(=O)NCC1CCCCO1.I. The smallest absolute Gasteiger partial charge is 0.213 e. The molecule has 1 aliphatic heterocycles. The van der Waals surface area contributed by atoms with Crippen LogP contribution in [0.4, 0.5) is 0 Å². The molecule has 1 atom stereocenters. The van der Waals surface area contributed by atoms with E-state index in [0.717, 1.165) is 25.9 Å². The van der Waals surface area contributed by atoms with Crippen LogP contribution >= 0.6 is 24.0 Å². The highest BCUT2D eigenvalue weighted by molar-refractivity contribution is 14.0. The summed E-state index contributed by atoms with van der Waals surface area (Å²) in [6.45, 7) is 2.52. The molecule has 0 bridgehead atoms. The third-order valence-electron chi connectivity index (χ3n) is 3.29. The minimum atomic E-state index is -3.31. The monoisotopic (exact) mass is 464 g/mol. The van der Waals surface area contributed by atoms with E-state index in [1.807, 2.05) is 0 Å². The van der Waals surface area contributed by atoms with E-state index in [2.05, 4.69) is 20.3 Å². The Bertz CT molecular complexity index is 428. The van der Waals surface area contributed by atoms with E-state index in [9.17, 15) is 8.42 Å². The van der Waals surface area contributed by atoms with Crippen LogP contribution in [0.5, 0.6) is 0 Å². The number of methoxy groups -OCH3 is 1. The molecule has 0 aliphatic carbocycles. The molecule has 1 unspecified atom stereocenters. The van der Waals surface area contributed by atoms with Crippen molar-refractivity contribution in [2.24, 2.45) is 4.99 Å². The van der Waals surface area contributed by atoms with Gasteiger partial charge >= 0.3 is 0 Å². The summed E-state index contributed by atoms with van der Waals surface area (Å²) in [4.78, 5) is 4.00. The van der Waals surface area contributed by atoms with Crippen molar-refractivity contribution in [1.29, 1.82) is 0 Å². The molecular weight excluding hydrogens is 435 g/mol. The second kappa shape index (κ2) is 13.2. The molecule has 0 radical (unpaired) electrons. The van der Waals surface area contributed by atoms with Gasteiger partial charge in [0, 0.05) is 40.4 Å². The minimum Gasteiger partial charge on any atom is -0.383 e. The van der Waals surface area contributed by atoms with E-state index >= 15 is 0 Å². The Morgan fingerprint density at radius 3 is 2.65 bits per heavy atom. The summed E-state index contributed by atoms with van der Waals surface area (Å²) < 4.78 is 36.9. The number of guanidine groups is 1. The molecule has 3 N–H and O–H groups in total. The standard InChI is InChI=1S/C13H28N4O4S.HI/c1-14-13(15-6-9-20-2)16-7-10-22(18,19)17-11-12-5-3-4-8-21-12;/h12,17H,3-11H2,1-2H3,(H2,14,15,16);1H. The van der Waals surface area contributed by atoms with Gasteiger partial charge < -0.3 is 20.1 Å². The maximum absolute atomic E-state index is 11.9. The summed E-state index contributed by atoms with van der Waals surface area (Å²) in [6.07, 6.45) is 3.07. The Morgan fingerprint density at radius 2 is 2.04 bits per heavy atom. The molecule has 0 saturated carbocycles. The molecule has 1 rings (SSSR count). The summed E-state index contributed by atoms with van der Waals surface area (Å²) in [5.74, 6) is 0.549. The van der Waals surface area contributed by atoms with Crippen molar-refractivity contribution >= 4 is 40.0 Å². The highest BCUT2D eigenvalue weighted by atomic mass is 127. The number of nitrogens with zero attached hydrogens (tertiary/aromatic N) is 1. The van der Waals surface area contributed by atoms with Crippen molar-refractivity contribution in [1.82, 2.24) is 15.4 Å². The van der Waals surface area contributed by atoms with Gasteiger partial charge in [0.1, 0.15) is 0 Å². The summed E-state index contributed by atoms with van der Waals surface area (Å²) in [5, 5.41) is 5.97. The minimum absolute atomic E-state index is 0. The summed E-state index contributed by atoms with van der Waals surface area (Å²) in [7, 11) is -0.0585. The molecule has 10 heteroatoms. The van der Waals surface area contributed by atoms with E-state index in [0.29, 0.717) is 25.7 Å². The highest BCUT2D eigenvalue weighted by Gasteiger charge is 2.17. The number of hydrogen-bond acceptors (Lipinski definition) is 5. The average Bonchev–Trinajstić information content (AvgIpc) is 2.52. The van der Waals surface area contributed by atoms with Gasteiger partial charge in [-0.25, -0.2) is 13.1 Å². The van der Waals surface area contributed by atoms with Crippen LogP contribution in [-0.4, -0.2) is 73.2 Å². The zero-order chi connectivity index (χ0) is 16.3. The molecule has 0 aromatic heterocycles. The van der Waals surface area contributed by atoms with Gasteiger partial charge in [-0.05, 0) is 19.3 Å². The molecule has 0 amide bonds. The van der Waals surface area contributed by atoms with Crippen LogP contribution in [0.3, 0.4) is 0 Å². The fourth-order valence-electron chi connectivity index (χ4n) is 2.06. The van der Waals surface area contributed by atoms with Crippen molar-refractivity contribution in [3.8, 4) is 0 Å². The molecule has 1 aliphatic rings. The second-order valence-corrected chi connectivity index (χ2v) is 7.00. The Morgan fingerprint density at radius 1 is 1.30 bits per heavy atom. The summed E-state index contributed by atoms with van der Waals surface area (Å²) >= 11 is 0. The quantitative estimate of drug-likeness (QED) is 0.191. The van der Waals surface area contributed by atoms with Crippen molar-refractivity contribution in [2.75, 3.05) is 52.8 Å². The Kier molecular flexibility index (Phi) is 13.1. The molecule has 23 heavy (non-hydrogen) atoms. The maximum Gasteiger partial charge on any atom is 0.213 e. The lowest BCUT2D eigenvalue weighted by molar-refractivity contribution is 0.0200. The second-order valence-electron chi connectivity index (χ2n) is 5.07. The first-order valence-electron chi connectivity index (χ1n) is 7.60. The molecule has 0 aromatic carbocycles. The molecule has 138 valence electrons. The Balaban J connectivity index is 0.00000484. The third kappa shape index (κ3) is 11.1. The predicted molar refractivity (Wildman–Crippen MR) is 102 cm³/mol. The van der Waals surface area contributed by atoms with Crippen LogP contribution in [0.2, 0.25) is 0 Å². The van der Waals surface area contributed by atoms with Crippen molar-refractivity contribution < 1.29 is 17.9 Å². The van der Waals surface area contributed by atoms with E-state index in [4.69, 9.17) is 9.47 Å². The predicted octanol–water partition coefficient (Wildman–Crippen LogP) is -0.0957. The maximum atomic E-state index is 11.9. The zero-order valence-electron chi connectivity index (χ0n) is 13.8. The Hall–Kier alpha value is -0.170. The van der Waals surface area contributed by atoms with E-state index in [1.165, 1.54) is 0 Å². The number of hydrogen-bond donors (Lipinski definition) is 3. The largest absolute Gasteiger partial charge is 0.383 e. The van der Waals surface area contributed by atoms with Gasteiger partial charge in [0.2, 0.25) is 10.0 Å². The van der Waals surface area contributed by atoms with Crippen LogP contribution in [-0.2, 0) is 19.5 Å². The zero-order valence-corrected chi connectivity index (χ0v) is 17.0. The third-order valence-corrected chi connectivity index (χ3v) is 4.64. The number of ether oxygens (including phenoxy) is 2. The van der Waals surface area contributed by atoms with E-state index in [1.54, 1.807) is 14.2 Å². The van der Waals surface area contributed by atoms with E-state index in [-0.39, 0.29) is 42.4 Å². The summed E-state index contributed by atoms with van der Waals surface area (Å²) in [6, 6.07) is 0. The fraction of sp³-hybridized carbons (Fsp3) is 0.923. The van der Waals surface area contributed by atoms with Crippen LogP contribution in [0.25, 0.3) is 0 Å². The van der Waals surface area contributed by atoms with Crippen molar-refractivity contribution in [3.63, 3.8) is 0 Å². The van der Waals surface area contributed by atoms with Gasteiger partial charge in [-0.15, -0.1) is 24.0 Å². The highest BCUT2D eigenvalue weighted by Crippen LogP contribution is 2.11. The van der Waals surface area contributed by atoms with Gasteiger partial charge in [-0.3, -0.25) is 4.99 Å². The number of halogens is 1. The number of sulfonamides is 1. The lowest BCUT2D eigenvalue weighted by Crippen LogP contribution is -2.43. The number of aliphatic imine (C=N–C) groups is 1. The first-order chi connectivity index (χ1) is 10.6. The van der Waals surface area contributed by atoms with Gasteiger partial charge in [0.15, 0.2) is 5.96 Å². The molecule has 0 aromatic rings. The van der Waals surface area contributed by atoms with Gasteiger partial charge in [0.25, 0.3) is 0 Å². The van der Waals surface area contributed by atoms with E-state index < -0.39 is 10.0 Å². The Labute approximate surface area is 156 Å². The first kappa shape index (κ1) is 22.8. The fourth-order valence-corrected chi connectivity index (χ4v) is 3.01. The topological polar surface area (TPSA) is 101 Å². The lowest BCUT2D eigenvalue weighted by atomic mass is 10.1. The van der Waals surface area contributed by atoms with Crippen LogP contribution < -0.4 is 15.4 Å². The van der Waals surface area contributed by atoms with Gasteiger partial charge in [0.05, 0.1) is 18.5 Å². The molecule has 0 spiro atoms. The molecular formula is C13H29IN4O4S. The first-order valence-corrected chi connectivity index (χ1v) is 9.25. The van der Waals surface area contributed by atoms with Gasteiger partial charge in [-0.1, -0.05) is 0 Å². The average molecular weight is 464 g/mol. The van der Waals surface area contributed by atoms with Crippen LogP contribution in [0.1, 0.15) is 19.3 Å².